The molecule has 140 valence electrons. The number of thiocarbonyl (C=S) groups is 1. The third-order valence-corrected chi connectivity index (χ3v) is 6.49. The Labute approximate surface area is 159 Å². The van der Waals surface area contributed by atoms with Crippen LogP contribution in [0.2, 0.25) is 0 Å². The first-order valence-electron chi connectivity index (χ1n) is 9.36. The number of rotatable bonds is 4. The molecule has 6 heteroatoms. The van der Waals surface area contributed by atoms with Gasteiger partial charge in [-0.1, -0.05) is 0 Å². The summed E-state index contributed by atoms with van der Waals surface area (Å²) in [5, 5.41) is 6.80. The Hall–Kier alpha value is -1.82. The summed E-state index contributed by atoms with van der Waals surface area (Å²) in [6.07, 6.45) is 7.70. The van der Waals surface area contributed by atoms with Gasteiger partial charge in [-0.2, -0.15) is 0 Å². The van der Waals surface area contributed by atoms with E-state index in [9.17, 15) is 4.79 Å². The Balaban J connectivity index is 1.41. The Bertz CT molecular complexity index is 698. The van der Waals surface area contributed by atoms with Crippen molar-refractivity contribution in [1.82, 2.24) is 10.6 Å². The minimum absolute atomic E-state index is 0.0940. The van der Waals surface area contributed by atoms with E-state index < -0.39 is 0 Å². The molecule has 0 aromatic heterocycles. The normalized spacial score (nSPS) is 31.4. The molecule has 4 bridgehead atoms. The molecule has 0 unspecified atom stereocenters. The van der Waals surface area contributed by atoms with Gasteiger partial charge in [0, 0.05) is 11.1 Å². The number of nitrogens with one attached hydrogen (secondary N) is 2. The molecular weight excluding hydrogens is 348 g/mol. The summed E-state index contributed by atoms with van der Waals surface area (Å²) in [4.78, 5) is 12.6. The third-order valence-electron chi connectivity index (χ3n) is 6.29. The predicted octanol–water partition coefficient (Wildman–Crippen LogP) is 3.28. The molecule has 1 amide bonds. The van der Waals surface area contributed by atoms with Crippen molar-refractivity contribution in [2.24, 2.45) is 17.8 Å². The molecule has 4 saturated carbocycles. The van der Waals surface area contributed by atoms with Gasteiger partial charge < -0.3 is 14.8 Å². The highest BCUT2D eigenvalue weighted by Crippen LogP contribution is 2.55. The zero-order valence-electron chi connectivity index (χ0n) is 15.3. The van der Waals surface area contributed by atoms with Gasteiger partial charge in [0.1, 0.15) is 0 Å². The van der Waals surface area contributed by atoms with Crippen molar-refractivity contribution >= 4 is 23.2 Å². The van der Waals surface area contributed by atoms with E-state index in [2.05, 4.69) is 10.6 Å². The smallest absolute Gasteiger partial charge is 0.257 e. The fraction of sp³-hybridized carbons (Fsp3) is 0.600. The maximum absolute atomic E-state index is 12.6. The number of methoxy groups -OCH3 is 2. The molecule has 5 rings (SSSR count). The van der Waals surface area contributed by atoms with Gasteiger partial charge in [-0.25, -0.2) is 0 Å². The maximum atomic E-state index is 12.6. The fourth-order valence-electron chi connectivity index (χ4n) is 5.69. The van der Waals surface area contributed by atoms with Crippen LogP contribution >= 0.6 is 12.2 Å². The van der Waals surface area contributed by atoms with Crippen LogP contribution in [0.25, 0.3) is 0 Å². The molecule has 0 aliphatic heterocycles. The van der Waals surface area contributed by atoms with Gasteiger partial charge in [-0.15, -0.1) is 0 Å². The van der Waals surface area contributed by atoms with Gasteiger partial charge in [0.15, 0.2) is 16.6 Å². The molecule has 0 spiro atoms. The summed E-state index contributed by atoms with van der Waals surface area (Å²) in [6.45, 7) is 0. The molecule has 0 saturated heterocycles. The molecule has 4 aliphatic carbocycles. The standard InChI is InChI=1S/C20H26N2O3S/c1-24-16-4-3-15(8-17(16)25-2)18(23)21-19(26)22-20-9-12-5-13(10-20)7-14(6-12)11-20/h3-4,8,12-14H,5-7,9-11H2,1-2H3,(H2,21,22,23,26). The molecule has 4 aliphatic rings. The lowest BCUT2D eigenvalue weighted by atomic mass is 9.53. The van der Waals surface area contributed by atoms with E-state index in [1.165, 1.54) is 38.5 Å². The summed E-state index contributed by atoms with van der Waals surface area (Å²) < 4.78 is 10.5. The van der Waals surface area contributed by atoms with E-state index in [0.29, 0.717) is 22.2 Å². The second-order valence-corrected chi connectivity index (χ2v) is 8.58. The second kappa shape index (κ2) is 6.72. The minimum Gasteiger partial charge on any atom is -0.493 e. The van der Waals surface area contributed by atoms with Crippen molar-refractivity contribution in [3.8, 4) is 11.5 Å². The minimum atomic E-state index is -0.229. The van der Waals surface area contributed by atoms with Crippen LogP contribution in [0.1, 0.15) is 48.9 Å². The molecule has 0 atom stereocenters. The summed E-state index contributed by atoms with van der Waals surface area (Å²) in [7, 11) is 3.13. The number of ether oxygens (including phenoxy) is 2. The van der Waals surface area contributed by atoms with Crippen molar-refractivity contribution in [1.29, 1.82) is 0 Å². The summed E-state index contributed by atoms with van der Waals surface area (Å²) in [5.41, 5.74) is 0.591. The Morgan fingerprint density at radius 1 is 1.04 bits per heavy atom. The Kier molecular flexibility index (Phi) is 4.55. The van der Waals surface area contributed by atoms with Crippen LogP contribution in [0.5, 0.6) is 11.5 Å². The van der Waals surface area contributed by atoms with Gasteiger partial charge in [0.25, 0.3) is 5.91 Å². The van der Waals surface area contributed by atoms with Crippen molar-refractivity contribution < 1.29 is 14.3 Å². The third kappa shape index (κ3) is 3.27. The van der Waals surface area contributed by atoms with Gasteiger partial charge in [0.05, 0.1) is 14.2 Å². The van der Waals surface area contributed by atoms with Gasteiger partial charge in [-0.3, -0.25) is 10.1 Å². The first-order valence-corrected chi connectivity index (χ1v) is 9.76. The summed E-state index contributed by atoms with van der Waals surface area (Å²) >= 11 is 5.48. The number of carbonyl (C=O) groups is 1. The molecule has 5 nitrogen and oxygen atoms in total. The SMILES string of the molecule is COc1ccc(C(=O)NC(=S)NC23CC4CC(CC(C4)C2)C3)cc1OC. The average Bonchev–Trinajstić information content (AvgIpc) is 2.59. The lowest BCUT2D eigenvalue weighted by Crippen LogP contribution is -2.61. The van der Waals surface area contributed by atoms with Gasteiger partial charge in [-0.05, 0) is 86.7 Å². The van der Waals surface area contributed by atoms with Crippen LogP contribution in [-0.4, -0.2) is 30.8 Å². The molecule has 0 heterocycles. The van der Waals surface area contributed by atoms with Crippen LogP contribution in [0, 0.1) is 17.8 Å². The van der Waals surface area contributed by atoms with Crippen molar-refractivity contribution in [2.75, 3.05) is 14.2 Å². The van der Waals surface area contributed by atoms with E-state index >= 15 is 0 Å². The van der Waals surface area contributed by atoms with E-state index in [0.717, 1.165) is 17.8 Å². The van der Waals surface area contributed by atoms with Crippen molar-refractivity contribution in [3.05, 3.63) is 23.8 Å². The van der Waals surface area contributed by atoms with E-state index in [1.54, 1.807) is 32.4 Å². The van der Waals surface area contributed by atoms with Crippen LogP contribution in [-0.2, 0) is 0 Å². The summed E-state index contributed by atoms with van der Waals surface area (Å²) in [6, 6.07) is 5.11. The fourth-order valence-corrected chi connectivity index (χ4v) is 6.00. The van der Waals surface area contributed by atoms with Crippen LogP contribution < -0.4 is 20.1 Å². The molecule has 26 heavy (non-hydrogen) atoms. The van der Waals surface area contributed by atoms with Crippen LogP contribution in [0.3, 0.4) is 0 Å². The molecule has 2 N–H and O–H groups in total. The van der Waals surface area contributed by atoms with E-state index in [1.807, 2.05) is 0 Å². The monoisotopic (exact) mass is 374 g/mol. The number of amides is 1. The number of hydrogen-bond acceptors (Lipinski definition) is 4. The Morgan fingerprint density at radius 3 is 2.15 bits per heavy atom. The lowest BCUT2D eigenvalue weighted by molar-refractivity contribution is -0.0101. The Morgan fingerprint density at radius 2 is 1.62 bits per heavy atom. The van der Waals surface area contributed by atoms with Crippen molar-refractivity contribution in [2.45, 2.75) is 44.1 Å². The zero-order chi connectivity index (χ0) is 18.3. The highest BCUT2D eigenvalue weighted by atomic mass is 32.1. The molecule has 1 aromatic carbocycles. The zero-order valence-corrected chi connectivity index (χ0v) is 16.2. The average molecular weight is 375 g/mol. The highest BCUT2D eigenvalue weighted by molar-refractivity contribution is 7.80. The van der Waals surface area contributed by atoms with Crippen LogP contribution in [0.15, 0.2) is 18.2 Å². The van der Waals surface area contributed by atoms with Gasteiger partial charge in [0.2, 0.25) is 0 Å². The number of hydrogen-bond donors (Lipinski definition) is 2. The predicted molar refractivity (Wildman–Crippen MR) is 104 cm³/mol. The topological polar surface area (TPSA) is 59.6 Å². The highest BCUT2D eigenvalue weighted by Gasteiger charge is 2.51. The molecule has 1 aromatic rings. The van der Waals surface area contributed by atoms with Crippen molar-refractivity contribution in [3.63, 3.8) is 0 Å². The van der Waals surface area contributed by atoms with E-state index in [-0.39, 0.29) is 11.4 Å². The maximum Gasteiger partial charge on any atom is 0.257 e. The number of benzene rings is 1. The summed E-state index contributed by atoms with van der Waals surface area (Å²) in [5.74, 6) is 3.39. The second-order valence-electron chi connectivity index (χ2n) is 8.18. The lowest BCUT2D eigenvalue weighted by Gasteiger charge is -2.57. The largest absolute Gasteiger partial charge is 0.493 e. The molecule has 4 fully saturated rings. The van der Waals surface area contributed by atoms with Crippen LogP contribution in [0.4, 0.5) is 0 Å². The van der Waals surface area contributed by atoms with Gasteiger partial charge >= 0.3 is 0 Å². The first-order chi connectivity index (χ1) is 12.5. The first kappa shape index (κ1) is 17.6. The number of carbonyl (C=O) groups excluding carboxylic acids is 1. The molecule has 0 radical (unpaired) electrons. The quantitative estimate of drug-likeness (QED) is 0.792. The molecular formula is C20H26N2O3S. The van der Waals surface area contributed by atoms with E-state index in [4.69, 9.17) is 21.7 Å².